The highest BCUT2D eigenvalue weighted by molar-refractivity contribution is 9.12. The van der Waals surface area contributed by atoms with Crippen molar-refractivity contribution in [3.63, 3.8) is 0 Å². The van der Waals surface area contributed by atoms with Gasteiger partial charge in [0.25, 0.3) is 0 Å². The van der Waals surface area contributed by atoms with E-state index >= 15 is 0 Å². The van der Waals surface area contributed by atoms with Crippen LogP contribution in [0.3, 0.4) is 0 Å². The van der Waals surface area contributed by atoms with Crippen LogP contribution < -0.4 is 0 Å². The van der Waals surface area contributed by atoms with Crippen LogP contribution in [0, 0.1) is 10.8 Å². The maximum Gasteiger partial charge on any atom is 0.509 e. The van der Waals surface area contributed by atoms with Crippen LogP contribution in [0.2, 0.25) is 18.1 Å². The number of ether oxygens (including phenoxy) is 2. The van der Waals surface area contributed by atoms with Crippen LogP contribution in [0.25, 0.3) is 0 Å². The van der Waals surface area contributed by atoms with Crippen LogP contribution in [0.15, 0.2) is 0 Å². The molecule has 0 amide bonds. The normalized spacial score (nSPS) is 23.4. The largest absolute Gasteiger partial charge is 0.509 e. The van der Waals surface area contributed by atoms with Gasteiger partial charge in [-0.05, 0) is 23.0 Å². The molecule has 0 N–H and O–H groups in total. The Hall–Kier alpha value is -0.513. The van der Waals surface area contributed by atoms with Crippen LogP contribution in [0.1, 0.15) is 27.2 Å². The standard InChI is InChI=1S/C13H21BrO4Si/c1-13(2,3)19(4,5)16-9-11-10(7-6-8-14)17-12(15)18-11/h10-11H,7,9H2,1-5H3/t10-,11+/m0/s1. The lowest BCUT2D eigenvalue weighted by Gasteiger charge is -2.36. The maximum atomic E-state index is 11.2. The summed E-state index contributed by atoms with van der Waals surface area (Å²) in [5.41, 5.74) is 0. The minimum atomic E-state index is -1.85. The number of carbonyl (C=O) groups is 1. The van der Waals surface area contributed by atoms with Crippen molar-refractivity contribution < 1.29 is 18.7 Å². The molecule has 0 saturated carbocycles. The molecule has 6 heteroatoms. The lowest BCUT2D eigenvalue weighted by molar-refractivity contribution is 0.0867. The summed E-state index contributed by atoms with van der Waals surface area (Å²) >= 11 is 3.02. The zero-order chi connectivity index (χ0) is 14.7. The van der Waals surface area contributed by atoms with Gasteiger partial charge in [0.05, 0.1) is 13.0 Å². The van der Waals surface area contributed by atoms with Crippen LogP contribution in [0.4, 0.5) is 4.79 Å². The predicted molar refractivity (Wildman–Crippen MR) is 79.6 cm³/mol. The van der Waals surface area contributed by atoms with Crippen molar-refractivity contribution in [3.05, 3.63) is 0 Å². The molecule has 1 aliphatic rings. The fraction of sp³-hybridized carbons (Fsp3) is 0.769. The monoisotopic (exact) mass is 348 g/mol. The molecule has 0 aliphatic carbocycles. The number of hydrogen-bond donors (Lipinski definition) is 0. The van der Waals surface area contributed by atoms with Crippen molar-refractivity contribution in [2.45, 2.75) is 57.5 Å². The Kier molecular flexibility index (Phi) is 5.48. The fourth-order valence-electron chi connectivity index (χ4n) is 1.39. The molecule has 108 valence electrons. The van der Waals surface area contributed by atoms with Crippen molar-refractivity contribution in [2.75, 3.05) is 6.61 Å². The van der Waals surface area contributed by atoms with Gasteiger partial charge in [0.15, 0.2) is 20.5 Å². The summed E-state index contributed by atoms with van der Waals surface area (Å²) in [6.45, 7) is 11.2. The van der Waals surface area contributed by atoms with Crippen LogP contribution in [0.5, 0.6) is 0 Å². The average molecular weight is 349 g/mol. The molecular formula is C13H21BrO4Si. The quantitative estimate of drug-likeness (QED) is 0.441. The molecule has 4 nitrogen and oxygen atoms in total. The molecule has 0 spiro atoms. The second-order valence-electron chi connectivity index (χ2n) is 6.11. The molecule has 1 fully saturated rings. The van der Waals surface area contributed by atoms with Crippen molar-refractivity contribution in [3.8, 4) is 10.8 Å². The third-order valence-electron chi connectivity index (χ3n) is 3.69. The summed E-state index contributed by atoms with van der Waals surface area (Å²) in [5.74, 6) is 2.83. The Morgan fingerprint density at radius 1 is 1.32 bits per heavy atom. The lowest BCUT2D eigenvalue weighted by atomic mass is 10.1. The van der Waals surface area contributed by atoms with E-state index in [1.165, 1.54) is 0 Å². The molecule has 0 aromatic heterocycles. The van der Waals surface area contributed by atoms with Crippen molar-refractivity contribution in [1.29, 1.82) is 0 Å². The number of hydrogen-bond acceptors (Lipinski definition) is 4. The molecule has 1 rings (SSSR count). The van der Waals surface area contributed by atoms with Gasteiger partial charge in [-0.1, -0.05) is 26.7 Å². The van der Waals surface area contributed by atoms with Crippen molar-refractivity contribution in [1.82, 2.24) is 0 Å². The molecule has 1 aliphatic heterocycles. The molecule has 0 radical (unpaired) electrons. The number of cyclic esters (lactones) is 2. The maximum absolute atomic E-state index is 11.2. The molecule has 0 bridgehead atoms. The molecule has 1 saturated heterocycles. The van der Waals surface area contributed by atoms with Crippen molar-refractivity contribution in [2.24, 2.45) is 0 Å². The van der Waals surface area contributed by atoms with Crippen molar-refractivity contribution >= 4 is 30.4 Å². The van der Waals surface area contributed by atoms with Gasteiger partial charge in [-0.25, -0.2) is 4.79 Å². The Morgan fingerprint density at radius 3 is 2.42 bits per heavy atom. The molecule has 19 heavy (non-hydrogen) atoms. The third-order valence-corrected chi connectivity index (χ3v) is 8.48. The minimum Gasteiger partial charge on any atom is -0.426 e. The highest BCUT2D eigenvalue weighted by atomic mass is 79.9. The Labute approximate surface area is 124 Å². The number of halogens is 1. The smallest absolute Gasteiger partial charge is 0.426 e. The topological polar surface area (TPSA) is 44.8 Å². The number of carbonyl (C=O) groups excluding carboxylic acids is 1. The zero-order valence-electron chi connectivity index (χ0n) is 12.1. The predicted octanol–water partition coefficient (Wildman–Crippen LogP) is 3.66. The first-order valence-corrected chi connectivity index (χ1v) is 9.97. The molecule has 0 unspecified atom stereocenters. The zero-order valence-corrected chi connectivity index (χ0v) is 14.7. The first-order chi connectivity index (χ1) is 8.67. The van der Waals surface area contributed by atoms with Gasteiger partial charge in [0.1, 0.15) is 0 Å². The van der Waals surface area contributed by atoms with E-state index in [1.54, 1.807) is 0 Å². The van der Waals surface area contributed by atoms with E-state index in [0.29, 0.717) is 13.0 Å². The van der Waals surface area contributed by atoms with Gasteiger partial charge >= 0.3 is 6.16 Å². The van der Waals surface area contributed by atoms with E-state index < -0.39 is 14.5 Å². The van der Waals surface area contributed by atoms with Crippen LogP contribution >= 0.6 is 15.9 Å². The third kappa shape index (κ3) is 4.51. The van der Waals surface area contributed by atoms with Crippen LogP contribution in [-0.2, 0) is 13.9 Å². The highest BCUT2D eigenvalue weighted by Crippen LogP contribution is 2.37. The molecule has 0 aromatic rings. The van der Waals surface area contributed by atoms with Gasteiger partial charge in [-0.15, -0.1) is 0 Å². The summed E-state index contributed by atoms with van der Waals surface area (Å²) in [4.78, 5) is 13.8. The Balaban J connectivity index is 2.59. The first kappa shape index (κ1) is 16.5. The number of rotatable bonds is 4. The van der Waals surface area contributed by atoms with E-state index in [1.807, 2.05) is 0 Å². The first-order valence-electron chi connectivity index (χ1n) is 6.27. The van der Waals surface area contributed by atoms with Crippen LogP contribution in [-0.4, -0.2) is 33.3 Å². The van der Waals surface area contributed by atoms with E-state index in [4.69, 9.17) is 13.9 Å². The van der Waals surface area contributed by atoms with Gasteiger partial charge in [-0.2, -0.15) is 0 Å². The van der Waals surface area contributed by atoms with Gasteiger partial charge < -0.3 is 13.9 Å². The summed E-state index contributed by atoms with van der Waals surface area (Å²) in [6, 6.07) is 0. The molecule has 0 aromatic carbocycles. The van der Waals surface area contributed by atoms with E-state index in [2.05, 4.69) is 60.5 Å². The lowest BCUT2D eigenvalue weighted by Crippen LogP contribution is -2.44. The molecule has 1 heterocycles. The van der Waals surface area contributed by atoms with E-state index in [0.717, 1.165) is 0 Å². The van der Waals surface area contributed by atoms with Gasteiger partial charge in [0.2, 0.25) is 0 Å². The van der Waals surface area contributed by atoms with E-state index in [9.17, 15) is 4.79 Å². The van der Waals surface area contributed by atoms with Gasteiger partial charge in [0, 0.05) is 15.9 Å². The van der Waals surface area contributed by atoms with E-state index in [-0.39, 0.29) is 17.2 Å². The second-order valence-corrected chi connectivity index (χ2v) is 11.3. The summed E-state index contributed by atoms with van der Waals surface area (Å²) in [5, 5.41) is 0.127. The Morgan fingerprint density at radius 2 is 1.89 bits per heavy atom. The SMILES string of the molecule is CC(C)(C)[Si](C)(C)OC[C@H]1OC(=O)O[C@H]1CC#CBr. The summed E-state index contributed by atoms with van der Waals surface area (Å²) < 4.78 is 16.3. The highest BCUT2D eigenvalue weighted by Gasteiger charge is 2.41. The molecule has 2 atom stereocenters. The Bertz CT molecular complexity index is 392. The average Bonchev–Trinajstić information content (AvgIpc) is 2.63. The minimum absolute atomic E-state index is 0.127. The summed E-state index contributed by atoms with van der Waals surface area (Å²) in [6.07, 6.45) is -0.898. The summed E-state index contributed by atoms with van der Waals surface area (Å²) in [7, 11) is -1.85. The van der Waals surface area contributed by atoms with Gasteiger partial charge in [-0.3, -0.25) is 0 Å². The molecular weight excluding hydrogens is 328 g/mol. The second kappa shape index (κ2) is 6.29. The fourth-order valence-corrected chi connectivity index (χ4v) is 2.56.